The lowest BCUT2D eigenvalue weighted by Crippen LogP contribution is -2.30. The minimum absolute atomic E-state index is 0.184. The maximum atomic E-state index is 12.9. The summed E-state index contributed by atoms with van der Waals surface area (Å²) in [5.41, 5.74) is 2.53. The zero-order valence-corrected chi connectivity index (χ0v) is 14.1. The lowest BCUT2D eigenvalue weighted by Gasteiger charge is -2.18. The number of hydrogen-bond acceptors (Lipinski definition) is 3. The average Bonchev–Trinajstić information content (AvgIpc) is 3.16. The summed E-state index contributed by atoms with van der Waals surface area (Å²) in [7, 11) is 0. The summed E-state index contributed by atoms with van der Waals surface area (Å²) in [6.45, 7) is 0. The van der Waals surface area contributed by atoms with Gasteiger partial charge in [0.25, 0.3) is 5.91 Å². The van der Waals surface area contributed by atoms with Crippen LogP contribution in [0.5, 0.6) is 0 Å². The molecule has 4 nitrogen and oxygen atoms in total. The summed E-state index contributed by atoms with van der Waals surface area (Å²) in [5.74, 6) is 0.309. The van der Waals surface area contributed by atoms with E-state index in [2.05, 4.69) is 10.3 Å². The van der Waals surface area contributed by atoms with Crippen molar-refractivity contribution in [3.63, 3.8) is 0 Å². The highest BCUT2D eigenvalue weighted by atomic mass is 16.5. The number of anilines is 1. The van der Waals surface area contributed by atoms with Crippen LogP contribution in [0.2, 0.25) is 0 Å². The Morgan fingerprint density at radius 3 is 2.04 bits per heavy atom. The first-order valence-corrected chi connectivity index (χ1v) is 8.52. The van der Waals surface area contributed by atoms with E-state index in [9.17, 15) is 4.79 Å². The van der Waals surface area contributed by atoms with Crippen molar-refractivity contribution in [2.24, 2.45) is 4.99 Å². The van der Waals surface area contributed by atoms with Crippen molar-refractivity contribution in [3.05, 3.63) is 102 Å². The molecular formula is C22H18N2O2. The molecule has 1 aliphatic heterocycles. The first-order valence-electron chi connectivity index (χ1n) is 8.52. The van der Waals surface area contributed by atoms with Crippen molar-refractivity contribution in [2.75, 3.05) is 5.32 Å². The van der Waals surface area contributed by atoms with Gasteiger partial charge in [0, 0.05) is 11.3 Å². The molecule has 26 heavy (non-hydrogen) atoms. The molecule has 0 saturated carbocycles. The molecule has 0 fully saturated rings. The van der Waals surface area contributed by atoms with Gasteiger partial charge in [-0.1, -0.05) is 66.7 Å². The predicted octanol–water partition coefficient (Wildman–Crippen LogP) is 4.21. The normalized spacial score (nSPS) is 18.7. The molecule has 0 radical (unpaired) electrons. The molecule has 1 amide bonds. The molecule has 0 saturated heterocycles. The number of carbonyl (C=O) groups excluding carboxylic acids is 1. The number of carbonyl (C=O) groups is 1. The molecule has 1 N–H and O–H groups in total. The molecule has 0 aliphatic carbocycles. The second kappa shape index (κ2) is 7.23. The molecule has 0 aromatic heterocycles. The van der Waals surface area contributed by atoms with Gasteiger partial charge in [0.2, 0.25) is 5.90 Å². The van der Waals surface area contributed by atoms with Crippen LogP contribution in [0.1, 0.15) is 17.2 Å². The van der Waals surface area contributed by atoms with Gasteiger partial charge in [-0.05, 0) is 29.8 Å². The first-order chi connectivity index (χ1) is 12.8. The van der Waals surface area contributed by atoms with Crippen molar-refractivity contribution in [3.8, 4) is 0 Å². The number of aliphatic imine (C=N–C) groups is 1. The number of ether oxygens (including phenoxy) is 1. The highest BCUT2D eigenvalue weighted by molar-refractivity contribution is 6.02. The van der Waals surface area contributed by atoms with Gasteiger partial charge in [-0.15, -0.1) is 0 Å². The minimum atomic E-state index is -0.646. The smallest absolute Gasteiger partial charge is 0.253 e. The van der Waals surface area contributed by atoms with Gasteiger partial charge in [-0.2, -0.15) is 0 Å². The molecule has 0 bridgehead atoms. The maximum Gasteiger partial charge on any atom is 0.253 e. The molecule has 1 heterocycles. The largest absolute Gasteiger partial charge is 0.466 e. The SMILES string of the molecule is O=C(Nc1ccccc1)C1N=C(c2ccccc2)OC1c1ccccc1. The fourth-order valence-corrected chi connectivity index (χ4v) is 2.96. The monoisotopic (exact) mass is 342 g/mol. The van der Waals surface area contributed by atoms with Crippen molar-refractivity contribution in [1.82, 2.24) is 0 Å². The van der Waals surface area contributed by atoms with Crippen LogP contribution < -0.4 is 5.32 Å². The number of amides is 1. The lowest BCUT2D eigenvalue weighted by molar-refractivity contribution is -0.118. The third-order valence-electron chi connectivity index (χ3n) is 4.24. The van der Waals surface area contributed by atoms with Crippen LogP contribution in [0, 0.1) is 0 Å². The minimum Gasteiger partial charge on any atom is -0.466 e. The number of rotatable bonds is 4. The van der Waals surface area contributed by atoms with Crippen molar-refractivity contribution < 1.29 is 9.53 Å². The number of nitrogens with one attached hydrogen (secondary N) is 1. The Bertz CT molecular complexity index is 909. The second-order valence-corrected chi connectivity index (χ2v) is 6.05. The Morgan fingerprint density at radius 1 is 0.808 bits per heavy atom. The van der Waals surface area contributed by atoms with Crippen LogP contribution >= 0.6 is 0 Å². The standard InChI is InChI=1S/C22H18N2O2/c25-21(23-18-14-8-3-9-15-18)19-20(16-10-4-1-5-11-16)26-22(24-19)17-12-6-2-7-13-17/h1-15,19-20H,(H,23,25). The summed E-state index contributed by atoms with van der Waals surface area (Å²) in [6.07, 6.45) is -0.449. The van der Waals surface area contributed by atoms with Gasteiger partial charge in [-0.25, -0.2) is 4.99 Å². The fourth-order valence-electron chi connectivity index (χ4n) is 2.96. The van der Waals surface area contributed by atoms with Crippen LogP contribution in [0.25, 0.3) is 0 Å². The van der Waals surface area contributed by atoms with E-state index in [1.165, 1.54) is 0 Å². The zero-order chi connectivity index (χ0) is 17.8. The summed E-state index contributed by atoms with van der Waals surface area (Å²) in [4.78, 5) is 17.5. The van der Waals surface area contributed by atoms with E-state index < -0.39 is 12.1 Å². The Hall–Kier alpha value is -3.40. The zero-order valence-electron chi connectivity index (χ0n) is 14.1. The van der Waals surface area contributed by atoms with Gasteiger partial charge < -0.3 is 10.1 Å². The van der Waals surface area contributed by atoms with Crippen LogP contribution in [0.4, 0.5) is 5.69 Å². The van der Waals surface area contributed by atoms with E-state index in [0.717, 1.165) is 16.8 Å². The number of nitrogens with zero attached hydrogens (tertiary/aromatic N) is 1. The molecule has 128 valence electrons. The average molecular weight is 342 g/mol. The van der Waals surface area contributed by atoms with Gasteiger partial charge >= 0.3 is 0 Å². The van der Waals surface area contributed by atoms with E-state index in [0.29, 0.717) is 5.90 Å². The number of hydrogen-bond donors (Lipinski definition) is 1. The molecule has 2 atom stereocenters. The first kappa shape index (κ1) is 16.1. The van der Waals surface area contributed by atoms with Crippen molar-refractivity contribution in [1.29, 1.82) is 0 Å². The maximum absolute atomic E-state index is 12.9. The summed E-state index contributed by atoms with van der Waals surface area (Å²) in [6, 6.07) is 28.1. The highest BCUT2D eigenvalue weighted by Gasteiger charge is 2.38. The van der Waals surface area contributed by atoms with E-state index in [-0.39, 0.29) is 5.91 Å². The molecule has 3 aromatic rings. The van der Waals surface area contributed by atoms with Gasteiger partial charge in [0.15, 0.2) is 12.1 Å². The van der Waals surface area contributed by atoms with Crippen molar-refractivity contribution in [2.45, 2.75) is 12.1 Å². The van der Waals surface area contributed by atoms with Crippen LogP contribution in [-0.2, 0) is 9.53 Å². The molecule has 4 heteroatoms. The molecule has 3 aromatic carbocycles. The topological polar surface area (TPSA) is 50.7 Å². The molecule has 2 unspecified atom stereocenters. The van der Waals surface area contributed by atoms with Crippen LogP contribution in [-0.4, -0.2) is 17.8 Å². The molecule has 1 aliphatic rings. The van der Waals surface area contributed by atoms with Gasteiger partial charge in [0.05, 0.1) is 0 Å². The van der Waals surface area contributed by atoms with E-state index >= 15 is 0 Å². The van der Waals surface area contributed by atoms with Crippen molar-refractivity contribution >= 4 is 17.5 Å². The number of para-hydroxylation sites is 1. The molecule has 0 spiro atoms. The predicted molar refractivity (Wildman–Crippen MR) is 102 cm³/mol. The summed E-state index contributed by atoms with van der Waals surface area (Å²) < 4.78 is 6.09. The fraction of sp³-hybridized carbons (Fsp3) is 0.0909. The summed E-state index contributed by atoms with van der Waals surface area (Å²) >= 11 is 0. The van der Waals surface area contributed by atoms with Crippen LogP contribution in [0.15, 0.2) is 96.0 Å². The Kier molecular flexibility index (Phi) is 4.48. The quantitative estimate of drug-likeness (QED) is 0.772. The third kappa shape index (κ3) is 3.35. The van der Waals surface area contributed by atoms with Gasteiger partial charge in [-0.3, -0.25) is 4.79 Å². The Balaban J connectivity index is 1.65. The Morgan fingerprint density at radius 2 is 1.38 bits per heavy atom. The Labute approximate surface area is 152 Å². The third-order valence-corrected chi connectivity index (χ3v) is 4.24. The second-order valence-electron chi connectivity index (χ2n) is 6.05. The van der Waals surface area contributed by atoms with E-state index in [4.69, 9.17) is 4.74 Å². The highest BCUT2D eigenvalue weighted by Crippen LogP contribution is 2.31. The summed E-state index contributed by atoms with van der Waals surface area (Å²) in [5, 5.41) is 2.93. The number of benzene rings is 3. The van der Waals surface area contributed by atoms with E-state index in [1.54, 1.807) is 0 Å². The molecular weight excluding hydrogens is 324 g/mol. The molecule has 4 rings (SSSR count). The lowest BCUT2D eigenvalue weighted by atomic mass is 10.0. The van der Waals surface area contributed by atoms with Crippen LogP contribution in [0.3, 0.4) is 0 Å². The van der Waals surface area contributed by atoms with E-state index in [1.807, 2.05) is 91.0 Å². The van der Waals surface area contributed by atoms with Gasteiger partial charge in [0.1, 0.15) is 0 Å².